The van der Waals surface area contributed by atoms with E-state index >= 15 is 0 Å². The number of amides is 1. The van der Waals surface area contributed by atoms with Crippen molar-refractivity contribution in [3.8, 4) is 0 Å². The molecule has 0 saturated carbocycles. The van der Waals surface area contributed by atoms with Gasteiger partial charge in [-0.25, -0.2) is 0 Å². The lowest BCUT2D eigenvalue weighted by atomic mass is 10.1. The second kappa shape index (κ2) is 7.79. The van der Waals surface area contributed by atoms with Crippen molar-refractivity contribution in [2.45, 2.75) is 20.3 Å². The quantitative estimate of drug-likeness (QED) is 0.850. The summed E-state index contributed by atoms with van der Waals surface area (Å²) in [7, 11) is 0. The molecule has 0 aliphatic carbocycles. The van der Waals surface area contributed by atoms with Gasteiger partial charge in [-0.05, 0) is 42.7 Å². The molecule has 0 aromatic heterocycles. The van der Waals surface area contributed by atoms with Gasteiger partial charge in [0.05, 0.1) is 6.42 Å². The van der Waals surface area contributed by atoms with E-state index < -0.39 is 5.97 Å². The van der Waals surface area contributed by atoms with Crippen molar-refractivity contribution in [2.24, 2.45) is 0 Å². The minimum atomic E-state index is -0.491. The van der Waals surface area contributed by atoms with Gasteiger partial charge in [0.15, 0.2) is 6.61 Å². The molecule has 1 amide bonds. The molecule has 2 aromatic rings. The van der Waals surface area contributed by atoms with Crippen molar-refractivity contribution in [2.75, 3.05) is 11.9 Å². The number of carbonyl (C=O) groups is 2. The van der Waals surface area contributed by atoms with Crippen LogP contribution in [0.4, 0.5) is 5.69 Å². The van der Waals surface area contributed by atoms with E-state index in [2.05, 4.69) is 5.32 Å². The van der Waals surface area contributed by atoms with Gasteiger partial charge < -0.3 is 10.1 Å². The topological polar surface area (TPSA) is 55.4 Å². The average Bonchev–Trinajstić information content (AvgIpc) is 2.51. The van der Waals surface area contributed by atoms with Gasteiger partial charge in [0.25, 0.3) is 5.91 Å². The normalized spacial score (nSPS) is 10.2. The summed E-state index contributed by atoms with van der Waals surface area (Å²) in [6.07, 6.45) is 0.0381. The number of nitrogens with one attached hydrogen (secondary N) is 1. The Morgan fingerprint density at radius 3 is 2.61 bits per heavy atom. The molecule has 0 bridgehead atoms. The zero-order valence-corrected chi connectivity index (χ0v) is 13.8. The molecule has 5 heteroatoms. The minimum absolute atomic E-state index is 0.0381. The van der Waals surface area contributed by atoms with Gasteiger partial charge in [0.1, 0.15) is 0 Å². The monoisotopic (exact) mass is 331 g/mol. The highest BCUT2D eigenvalue weighted by Gasteiger charge is 2.11. The van der Waals surface area contributed by atoms with Crippen molar-refractivity contribution in [3.63, 3.8) is 0 Å². The number of ether oxygens (including phenoxy) is 1. The molecule has 0 fully saturated rings. The fourth-order valence-electron chi connectivity index (χ4n) is 2.05. The first kappa shape index (κ1) is 17.0. The van der Waals surface area contributed by atoms with Crippen LogP contribution in [0, 0.1) is 13.8 Å². The van der Waals surface area contributed by atoms with Crippen LogP contribution < -0.4 is 5.32 Å². The first-order valence-electron chi connectivity index (χ1n) is 7.22. The molecule has 0 atom stereocenters. The lowest BCUT2D eigenvalue weighted by molar-refractivity contribution is -0.146. The summed E-state index contributed by atoms with van der Waals surface area (Å²) in [6.45, 7) is 3.52. The third-order valence-electron chi connectivity index (χ3n) is 3.32. The second-order valence-electron chi connectivity index (χ2n) is 5.30. The van der Waals surface area contributed by atoms with E-state index in [1.54, 1.807) is 24.3 Å². The molecule has 23 heavy (non-hydrogen) atoms. The van der Waals surface area contributed by atoms with Gasteiger partial charge in [-0.3, -0.25) is 9.59 Å². The Morgan fingerprint density at radius 2 is 1.87 bits per heavy atom. The first-order valence-corrected chi connectivity index (χ1v) is 7.59. The predicted molar refractivity (Wildman–Crippen MR) is 90.7 cm³/mol. The number of hydrogen-bond acceptors (Lipinski definition) is 3. The molecule has 2 rings (SSSR count). The number of rotatable bonds is 5. The zero-order valence-electron chi connectivity index (χ0n) is 13.1. The summed E-state index contributed by atoms with van der Waals surface area (Å²) in [5, 5.41) is 3.24. The van der Waals surface area contributed by atoms with Crippen LogP contribution in [-0.4, -0.2) is 18.5 Å². The van der Waals surface area contributed by atoms with Crippen molar-refractivity contribution in [3.05, 3.63) is 64.2 Å². The highest BCUT2D eigenvalue weighted by atomic mass is 35.5. The molecule has 1 N–H and O–H groups in total. The van der Waals surface area contributed by atoms with Crippen molar-refractivity contribution in [1.29, 1.82) is 0 Å². The van der Waals surface area contributed by atoms with E-state index in [4.69, 9.17) is 16.3 Å². The van der Waals surface area contributed by atoms with Crippen molar-refractivity contribution in [1.82, 2.24) is 0 Å². The Balaban J connectivity index is 1.85. The largest absolute Gasteiger partial charge is 0.455 e. The number of carbonyl (C=O) groups excluding carboxylic acids is 2. The Hall–Kier alpha value is -2.33. The Morgan fingerprint density at radius 1 is 1.13 bits per heavy atom. The van der Waals surface area contributed by atoms with Crippen LogP contribution >= 0.6 is 11.6 Å². The van der Waals surface area contributed by atoms with E-state index in [9.17, 15) is 9.59 Å². The summed E-state index contributed by atoms with van der Waals surface area (Å²) in [6, 6.07) is 12.8. The lowest BCUT2D eigenvalue weighted by Gasteiger charge is -2.10. The zero-order chi connectivity index (χ0) is 16.8. The molecule has 0 radical (unpaired) electrons. The lowest BCUT2D eigenvalue weighted by Crippen LogP contribution is -2.22. The number of esters is 1. The van der Waals surface area contributed by atoms with Crippen LogP contribution in [0.15, 0.2) is 42.5 Å². The molecule has 0 aliphatic heterocycles. The summed E-state index contributed by atoms with van der Waals surface area (Å²) in [5.41, 5.74) is 3.39. The molecule has 0 unspecified atom stereocenters. The number of aryl methyl sites for hydroxylation is 2. The molecule has 2 aromatic carbocycles. The van der Waals surface area contributed by atoms with Crippen molar-refractivity contribution >= 4 is 29.2 Å². The standard InChI is InChI=1S/C18H18ClNO3/c1-12-7-8-13(2)16(9-12)20-17(21)11-23-18(22)10-14-5-3-4-6-15(14)19/h3-9H,10-11H2,1-2H3,(H,20,21). The third kappa shape index (κ3) is 5.11. The van der Waals surface area contributed by atoms with Gasteiger partial charge in [-0.1, -0.05) is 41.9 Å². The number of anilines is 1. The van der Waals surface area contributed by atoms with E-state index in [-0.39, 0.29) is 18.9 Å². The average molecular weight is 332 g/mol. The molecule has 120 valence electrons. The Labute approximate surface area is 140 Å². The summed E-state index contributed by atoms with van der Waals surface area (Å²) in [5.74, 6) is -0.861. The SMILES string of the molecule is Cc1ccc(C)c(NC(=O)COC(=O)Cc2ccccc2Cl)c1. The fraction of sp³-hybridized carbons (Fsp3) is 0.222. The van der Waals surface area contributed by atoms with Crippen molar-refractivity contribution < 1.29 is 14.3 Å². The van der Waals surface area contributed by atoms with Crippen LogP contribution in [0.25, 0.3) is 0 Å². The molecular formula is C18H18ClNO3. The maximum absolute atomic E-state index is 11.9. The van der Waals surface area contributed by atoms with Crippen LogP contribution in [0.5, 0.6) is 0 Å². The minimum Gasteiger partial charge on any atom is -0.455 e. The second-order valence-corrected chi connectivity index (χ2v) is 5.70. The molecule has 0 spiro atoms. The summed E-state index contributed by atoms with van der Waals surface area (Å²) < 4.78 is 5.00. The van der Waals surface area contributed by atoms with Gasteiger partial charge in [-0.15, -0.1) is 0 Å². The Bertz CT molecular complexity index is 728. The first-order chi connectivity index (χ1) is 11.0. The predicted octanol–water partition coefficient (Wildman–Crippen LogP) is 3.68. The molecule has 0 aliphatic rings. The maximum Gasteiger partial charge on any atom is 0.310 e. The van der Waals surface area contributed by atoms with Gasteiger partial charge >= 0.3 is 5.97 Å². The highest BCUT2D eigenvalue weighted by molar-refractivity contribution is 6.31. The van der Waals surface area contributed by atoms with Crippen LogP contribution in [-0.2, 0) is 20.7 Å². The van der Waals surface area contributed by atoms with Gasteiger partial charge in [-0.2, -0.15) is 0 Å². The van der Waals surface area contributed by atoms with E-state index in [0.29, 0.717) is 10.6 Å². The van der Waals surface area contributed by atoms with E-state index in [1.807, 2.05) is 32.0 Å². The third-order valence-corrected chi connectivity index (χ3v) is 3.69. The molecule has 0 heterocycles. The number of benzene rings is 2. The van der Waals surface area contributed by atoms with Gasteiger partial charge in [0.2, 0.25) is 0 Å². The van der Waals surface area contributed by atoms with Crippen LogP contribution in [0.3, 0.4) is 0 Å². The number of halogens is 1. The smallest absolute Gasteiger partial charge is 0.310 e. The van der Waals surface area contributed by atoms with Crippen LogP contribution in [0.1, 0.15) is 16.7 Å². The fourth-order valence-corrected chi connectivity index (χ4v) is 2.25. The molecular weight excluding hydrogens is 314 g/mol. The maximum atomic E-state index is 11.9. The van der Waals surface area contributed by atoms with E-state index in [1.165, 1.54) is 0 Å². The van der Waals surface area contributed by atoms with Crippen LogP contribution in [0.2, 0.25) is 5.02 Å². The number of hydrogen-bond donors (Lipinski definition) is 1. The Kier molecular flexibility index (Phi) is 5.77. The highest BCUT2D eigenvalue weighted by Crippen LogP contribution is 2.17. The summed E-state index contributed by atoms with van der Waals surface area (Å²) in [4.78, 5) is 23.7. The molecule has 0 saturated heterocycles. The summed E-state index contributed by atoms with van der Waals surface area (Å²) >= 11 is 5.98. The van der Waals surface area contributed by atoms with E-state index in [0.717, 1.165) is 16.8 Å². The molecule has 4 nitrogen and oxygen atoms in total. The van der Waals surface area contributed by atoms with Gasteiger partial charge in [0, 0.05) is 10.7 Å².